The van der Waals surface area contributed by atoms with Crippen LogP contribution in [0, 0.1) is 11.8 Å². The molecule has 0 bridgehead atoms. The van der Waals surface area contributed by atoms with Gasteiger partial charge in [-0.15, -0.1) is 0 Å². The Morgan fingerprint density at radius 2 is 1.95 bits per heavy atom. The van der Waals surface area contributed by atoms with Crippen LogP contribution in [0.25, 0.3) is 0 Å². The average Bonchev–Trinajstić information content (AvgIpc) is 2.41. The molecule has 0 aliphatic carbocycles. The first kappa shape index (κ1) is 14.6. The lowest BCUT2D eigenvalue weighted by Crippen LogP contribution is -2.51. The predicted molar refractivity (Wildman–Crippen MR) is 67.6 cm³/mol. The van der Waals surface area contributed by atoms with Crippen LogP contribution in [-0.4, -0.2) is 23.7 Å². The highest BCUT2D eigenvalue weighted by atomic mass is 19.4. The second-order valence-corrected chi connectivity index (χ2v) is 4.40. The zero-order valence-corrected chi connectivity index (χ0v) is 10.6. The standard InChI is InChI=1S/C15H13F3O2/c16-15(17,18)14(19)13(10-5-11-20-14)9-4-8-12-6-2-1-3-7-12/h1-3,6-7,9,19H,5,10-11H2/b13-9-. The van der Waals surface area contributed by atoms with Gasteiger partial charge in [0.2, 0.25) is 0 Å². The molecule has 1 saturated heterocycles. The van der Waals surface area contributed by atoms with Gasteiger partial charge >= 0.3 is 6.18 Å². The maximum absolute atomic E-state index is 12.9. The quantitative estimate of drug-likeness (QED) is 0.741. The summed E-state index contributed by atoms with van der Waals surface area (Å²) >= 11 is 0. The van der Waals surface area contributed by atoms with Gasteiger partial charge in [-0.3, -0.25) is 0 Å². The second kappa shape index (κ2) is 5.70. The Balaban J connectivity index is 2.26. The van der Waals surface area contributed by atoms with E-state index in [0.29, 0.717) is 12.0 Å². The van der Waals surface area contributed by atoms with Crippen LogP contribution in [0.4, 0.5) is 13.2 Å². The molecular weight excluding hydrogens is 269 g/mol. The van der Waals surface area contributed by atoms with Crippen molar-refractivity contribution in [2.24, 2.45) is 0 Å². The van der Waals surface area contributed by atoms with E-state index in [4.69, 9.17) is 0 Å². The summed E-state index contributed by atoms with van der Waals surface area (Å²) in [5.41, 5.74) is 0.441. The molecule has 0 radical (unpaired) electrons. The van der Waals surface area contributed by atoms with Crippen molar-refractivity contribution in [2.45, 2.75) is 24.8 Å². The Morgan fingerprint density at radius 3 is 2.60 bits per heavy atom. The molecule has 1 N–H and O–H groups in total. The number of benzene rings is 1. The molecule has 2 rings (SSSR count). The third-order valence-electron chi connectivity index (χ3n) is 2.96. The zero-order chi connectivity index (χ0) is 14.6. The molecule has 0 aromatic heterocycles. The molecular formula is C15H13F3O2. The van der Waals surface area contributed by atoms with Gasteiger partial charge in [-0.2, -0.15) is 13.2 Å². The first-order valence-electron chi connectivity index (χ1n) is 6.12. The lowest BCUT2D eigenvalue weighted by molar-refractivity contribution is -0.352. The van der Waals surface area contributed by atoms with E-state index in [1.165, 1.54) is 0 Å². The third kappa shape index (κ3) is 3.03. The van der Waals surface area contributed by atoms with Crippen molar-refractivity contribution < 1.29 is 23.0 Å². The van der Waals surface area contributed by atoms with Gasteiger partial charge in [0.05, 0.1) is 6.61 Å². The van der Waals surface area contributed by atoms with Crippen molar-refractivity contribution >= 4 is 0 Å². The number of halogens is 3. The maximum atomic E-state index is 12.9. The highest BCUT2D eigenvalue weighted by molar-refractivity contribution is 5.38. The lowest BCUT2D eigenvalue weighted by Gasteiger charge is -2.35. The summed E-state index contributed by atoms with van der Waals surface area (Å²) in [6, 6.07) is 8.89. The fraction of sp³-hybridized carbons (Fsp3) is 0.333. The highest BCUT2D eigenvalue weighted by Crippen LogP contribution is 2.41. The van der Waals surface area contributed by atoms with Gasteiger partial charge in [0, 0.05) is 11.1 Å². The molecule has 20 heavy (non-hydrogen) atoms. The van der Waals surface area contributed by atoms with E-state index in [-0.39, 0.29) is 18.6 Å². The van der Waals surface area contributed by atoms with Crippen molar-refractivity contribution in [1.82, 2.24) is 0 Å². The summed E-state index contributed by atoms with van der Waals surface area (Å²) in [6.07, 6.45) is -3.23. The minimum Gasteiger partial charge on any atom is -0.355 e. The number of hydrogen-bond donors (Lipinski definition) is 1. The van der Waals surface area contributed by atoms with E-state index in [9.17, 15) is 18.3 Å². The number of aliphatic hydroxyl groups is 1. The van der Waals surface area contributed by atoms with E-state index >= 15 is 0 Å². The molecule has 1 aromatic carbocycles. The van der Waals surface area contributed by atoms with Crippen LogP contribution in [0.2, 0.25) is 0 Å². The summed E-state index contributed by atoms with van der Waals surface area (Å²) in [5, 5.41) is 9.68. The van der Waals surface area contributed by atoms with E-state index in [2.05, 4.69) is 16.6 Å². The van der Waals surface area contributed by atoms with Crippen LogP contribution >= 0.6 is 0 Å². The molecule has 0 saturated carbocycles. The van der Waals surface area contributed by atoms with Gasteiger partial charge in [-0.1, -0.05) is 30.0 Å². The molecule has 1 atom stereocenters. The maximum Gasteiger partial charge on any atom is 0.447 e. The van der Waals surface area contributed by atoms with E-state index in [1.54, 1.807) is 24.3 Å². The molecule has 5 heteroatoms. The molecule has 1 heterocycles. The van der Waals surface area contributed by atoms with Gasteiger partial charge in [-0.25, -0.2) is 0 Å². The zero-order valence-electron chi connectivity index (χ0n) is 10.6. The molecule has 106 valence electrons. The SMILES string of the molecule is OC1(C(F)(F)F)OCCC/C1=C/C#Cc1ccccc1. The van der Waals surface area contributed by atoms with Gasteiger partial charge in [-0.05, 0) is 31.1 Å². The van der Waals surface area contributed by atoms with Crippen molar-refractivity contribution in [3.63, 3.8) is 0 Å². The Bertz CT molecular complexity index is 552. The predicted octanol–water partition coefficient (Wildman–Crippen LogP) is 3.03. The normalized spacial score (nSPS) is 25.1. The van der Waals surface area contributed by atoms with Crippen LogP contribution in [0.5, 0.6) is 0 Å². The summed E-state index contributed by atoms with van der Waals surface area (Å²) in [6.45, 7) is -0.126. The Hall–Kier alpha value is -1.77. The summed E-state index contributed by atoms with van der Waals surface area (Å²) in [4.78, 5) is 0. The summed E-state index contributed by atoms with van der Waals surface area (Å²) < 4.78 is 43.1. The third-order valence-corrected chi connectivity index (χ3v) is 2.96. The van der Waals surface area contributed by atoms with Crippen LogP contribution in [-0.2, 0) is 4.74 Å². The molecule has 1 unspecified atom stereocenters. The van der Waals surface area contributed by atoms with Crippen molar-refractivity contribution in [2.75, 3.05) is 6.61 Å². The fourth-order valence-electron chi connectivity index (χ4n) is 1.91. The van der Waals surface area contributed by atoms with Crippen molar-refractivity contribution in [1.29, 1.82) is 0 Å². The van der Waals surface area contributed by atoms with Crippen LogP contribution in [0.1, 0.15) is 18.4 Å². The van der Waals surface area contributed by atoms with Gasteiger partial charge in [0.25, 0.3) is 5.79 Å². The van der Waals surface area contributed by atoms with Gasteiger partial charge < -0.3 is 9.84 Å². The lowest BCUT2D eigenvalue weighted by atomic mass is 9.97. The second-order valence-electron chi connectivity index (χ2n) is 4.40. The van der Waals surface area contributed by atoms with Crippen LogP contribution < -0.4 is 0 Å². The van der Waals surface area contributed by atoms with Gasteiger partial charge in [0.1, 0.15) is 0 Å². The van der Waals surface area contributed by atoms with Crippen LogP contribution in [0.3, 0.4) is 0 Å². The van der Waals surface area contributed by atoms with Gasteiger partial charge in [0.15, 0.2) is 0 Å². The van der Waals surface area contributed by atoms with Crippen molar-refractivity contribution in [3.8, 4) is 11.8 Å². The van der Waals surface area contributed by atoms with Crippen LogP contribution in [0.15, 0.2) is 42.0 Å². The molecule has 1 aliphatic heterocycles. The topological polar surface area (TPSA) is 29.5 Å². The summed E-state index contributed by atoms with van der Waals surface area (Å²) in [5.74, 6) is 2.06. The first-order valence-corrected chi connectivity index (χ1v) is 6.12. The minimum absolute atomic E-state index is 0.111. The Morgan fingerprint density at radius 1 is 1.25 bits per heavy atom. The fourth-order valence-corrected chi connectivity index (χ4v) is 1.91. The number of alkyl halides is 3. The number of allylic oxidation sites excluding steroid dienone is 1. The first-order chi connectivity index (χ1) is 9.43. The average molecular weight is 282 g/mol. The monoisotopic (exact) mass is 282 g/mol. The van der Waals surface area contributed by atoms with E-state index < -0.39 is 12.0 Å². The Labute approximate surface area is 114 Å². The molecule has 0 amide bonds. The smallest absolute Gasteiger partial charge is 0.355 e. The van der Waals surface area contributed by atoms with E-state index in [0.717, 1.165) is 6.08 Å². The molecule has 1 aromatic rings. The molecule has 0 spiro atoms. The minimum atomic E-state index is -4.87. The van der Waals surface area contributed by atoms with E-state index in [1.807, 2.05) is 6.07 Å². The molecule has 1 aliphatic rings. The summed E-state index contributed by atoms with van der Waals surface area (Å²) in [7, 11) is 0. The number of hydrogen-bond acceptors (Lipinski definition) is 2. The Kier molecular flexibility index (Phi) is 4.17. The largest absolute Gasteiger partial charge is 0.447 e. The molecule has 2 nitrogen and oxygen atoms in total. The highest BCUT2D eigenvalue weighted by Gasteiger charge is 2.58. The number of ether oxygens (including phenoxy) is 1. The van der Waals surface area contributed by atoms with Crippen molar-refractivity contribution in [3.05, 3.63) is 47.5 Å². The molecule has 1 fully saturated rings. The number of rotatable bonds is 0.